The summed E-state index contributed by atoms with van der Waals surface area (Å²) in [5.74, 6) is 1.82. The summed E-state index contributed by atoms with van der Waals surface area (Å²) < 4.78 is 18.1. The normalized spacial score (nSPS) is 13.9. The van der Waals surface area contributed by atoms with Gasteiger partial charge in [-0.15, -0.1) is 0 Å². The molecule has 7 nitrogen and oxygen atoms in total. The van der Waals surface area contributed by atoms with E-state index in [4.69, 9.17) is 14.2 Å². The second-order valence-electron chi connectivity index (χ2n) is 9.07. The lowest BCUT2D eigenvalue weighted by Crippen LogP contribution is -2.47. The van der Waals surface area contributed by atoms with Gasteiger partial charge in [-0.05, 0) is 87.9 Å². The van der Waals surface area contributed by atoms with E-state index >= 15 is 0 Å². The van der Waals surface area contributed by atoms with Crippen molar-refractivity contribution in [1.29, 1.82) is 0 Å². The fourth-order valence-corrected chi connectivity index (χ4v) is 5.58. The molecule has 36 heavy (non-hydrogen) atoms. The van der Waals surface area contributed by atoms with Crippen LogP contribution in [0.3, 0.4) is 0 Å². The molecule has 9 heteroatoms. The number of nitrogens with one attached hydrogen (secondary N) is 1. The van der Waals surface area contributed by atoms with E-state index in [9.17, 15) is 9.59 Å². The molecule has 0 atom stereocenters. The highest BCUT2D eigenvalue weighted by molar-refractivity contribution is 9.11. The van der Waals surface area contributed by atoms with Gasteiger partial charge in [0.25, 0.3) is 0 Å². The number of methoxy groups -OCH3 is 1. The van der Waals surface area contributed by atoms with Crippen molar-refractivity contribution in [2.24, 2.45) is 0 Å². The largest absolute Gasteiger partial charge is 0.496 e. The highest BCUT2D eigenvalue weighted by Crippen LogP contribution is 2.41. The Balaban J connectivity index is 1.88. The number of benzene rings is 2. The van der Waals surface area contributed by atoms with Crippen LogP contribution in [-0.4, -0.2) is 38.3 Å². The number of ether oxygens (including phenoxy) is 3. The summed E-state index contributed by atoms with van der Waals surface area (Å²) in [7, 11) is 1.65. The number of nitrogens with zero attached hydrogens (tertiary/aromatic N) is 1. The first kappa shape index (κ1) is 28.3. The SMILES string of the molecule is CCOC(=O)CN(C(=O)NC1CCCCC1)c1cc(Br)c(Oc2ccc(OC)c(C(C)C)c2)c(Br)c1. The first-order valence-corrected chi connectivity index (χ1v) is 13.9. The smallest absolute Gasteiger partial charge is 0.326 e. The molecule has 0 aromatic heterocycles. The van der Waals surface area contributed by atoms with Gasteiger partial charge in [-0.2, -0.15) is 0 Å². The Morgan fingerprint density at radius 2 is 1.75 bits per heavy atom. The molecule has 2 amide bonds. The molecule has 0 unspecified atom stereocenters. The van der Waals surface area contributed by atoms with Crippen molar-refractivity contribution in [3.63, 3.8) is 0 Å². The third-order valence-corrected chi connectivity index (χ3v) is 7.29. The van der Waals surface area contributed by atoms with Gasteiger partial charge in [0, 0.05) is 17.3 Å². The fraction of sp³-hybridized carbons (Fsp3) is 0.481. The van der Waals surface area contributed by atoms with E-state index in [2.05, 4.69) is 51.0 Å². The number of carbonyl (C=O) groups is 2. The number of hydrogen-bond acceptors (Lipinski definition) is 5. The molecule has 0 aliphatic heterocycles. The Bertz CT molecular complexity index is 1050. The Morgan fingerprint density at radius 3 is 2.33 bits per heavy atom. The van der Waals surface area contributed by atoms with Gasteiger partial charge in [-0.1, -0.05) is 33.1 Å². The van der Waals surface area contributed by atoms with E-state index in [1.165, 1.54) is 11.3 Å². The van der Waals surface area contributed by atoms with E-state index < -0.39 is 5.97 Å². The molecule has 196 valence electrons. The van der Waals surface area contributed by atoms with Crippen LogP contribution in [-0.2, 0) is 9.53 Å². The Kier molecular flexibility index (Phi) is 10.5. The van der Waals surface area contributed by atoms with Crippen LogP contribution in [0.4, 0.5) is 10.5 Å². The van der Waals surface area contributed by atoms with Crippen LogP contribution >= 0.6 is 31.9 Å². The number of rotatable bonds is 9. The molecule has 1 aliphatic carbocycles. The number of carbonyl (C=O) groups excluding carboxylic acids is 2. The van der Waals surface area contributed by atoms with E-state index in [-0.39, 0.29) is 31.1 Å². The molecule has 1 fully saturated rings. The van der Waals surface area contributed by atoms with Gasteiger partial charge in [0.05, 0.1) is 22.7 Å². The molecule has 0 saturated heterocycles. The maximum absolute atomic E-state index is 13.2. The zero-order valence-electron chi connectivity index (χ0n) is 21.2. The zero-order chi connectivity index (χ0) is 26.2. The van der Waals surface area contributed by atoms with Crippen LogP contribution in [0.25, 0.3) is 0 Å². The van der Waals surface area contributed by atoms with E-state index in [0.717, 1.165) is 37.0 Å². The number of anilines is 1. The van der Waals surface area contributed by atoms with E-state index in [1.807, 2.05) is 18.2 Å². The van der Waals surface area contributed by atoms with Crippen LogP contribution in [0.1, 0.15) is 64.4 Å². The Hall–Kier alpha value is -2.26. The van der Waals surface area contributed by atoms with Crippen molar-refractivity contribution in [3.05, 3.63) is 44.8 Å². The van der Waals surface area contributed by atoms with Crippen LogP contribution in [0.15, 0.2) is 39.3 Å². The standard InChI is InChI=1S/C27H34Br2N2O5/c1-5-35-25(32)16-31(27(33)30-18-9-7-6-8-10-18)19-13-22(28)26(23(29)14-19)36-20-11-12-24(34-4)21(15-20)17(2)3/h11-15,17-18H,5-10,16H2,1-4H3,(H,30,33). The third kappa shape index (κ3) is 7.38. The molecule has 1 N–H and O–H groups in total. The highest BCUT2D eigenvalue weighted by Gasteiger charge is 2.25. The first-order valence-electron chi connectivity index (χ1n) is 12.3. The van der Waals surface area contributed by atoms with Crippen molar-refractivity contribution < 1.29 is 23.8 Å². The maximum Gasteiger partial charge on any atom is 0.326 e. The minimum Gasteiger partial charge on any atom is -0.496 e. The number of amides is 2. The van der Waals surface area contributed by atoms with Crippen molar-refractivity contribution in [1.82, 2.24) is 5.32 Å². The van der Waals surface area contributed by atoms with Gasteiger partial charge in [-0.3, -0.25) is 9.69 Å². The summed E-state index contributed by atoms with van der Waals surface area (Å²) in [6.07, 6.45) is 5.26. The van der Waals surface area contributed by atoms with Crippen LogP contribution < -0.4 is 19.7 Å². The second kappa shape index (κ2) is 13.3. The molecule has 2 aromatic rings. The van der Waals surface area contributed by atoms with Gasteiger partial charge in [-0.25, -0.2) is 4.79 Å². The monoisotopic (exact) mass is 624 g/mol. The quantitative estimate of drug-likeness (QED) is 0.291. The molecule has 1 aliphatic rings. The van der Waals surface area contributed by atoms with Crippen molar-refractivity contribution in [2.45, 2.75) is 64.8 Å². The Morgan fingerprint density at radius 1 is 1.08 bits per heavy atom. The zero-order valence-corrected chi connectivity index (χ0v) is 24.4. The lowest BCUT2D eigenvalue weighted by Gasteiger charge is -2.28. The first-order chi connectivity index (χ1) is 17.2. The summed E-state index contributed by atoms with van der Waals surface area (Å²) in [6.45, 7) is 5.99. The van der Waals surface area contributed by atoms with Gasteiger partial charge in [0.15, 0.2) is 5.75 Å². The van der Waals surface area contributed by atoms with Crippen LogP contribution in [0.2, 0.25) is 0 Å². The summed E-state index contributed by atoms with van der Waals surface area (Å²) in [6, 6.07) is 9.02. The van der Waals surface area contributed by atoms with Crippen molar-refractivity contribution >= 4 is 49.5 Å². The minimum absolute atomic E-state index is 0.107. The van der Waals surface area contributed by atoms with Gasteiger partial charge < -0.3 is 19.5 Å². The van der Waals surface area contributed by atoms with E-state index in [0.29, 0.717) is 26.1 Å². The highest BCUT2D eigenvalue weighted by atomic mass is 79.9. The summed E-state index contributed by atoms with van der Waals surface area (Å²) >= 11 is 7.18. The fourth-order valence-electron chi connectivity index (χ4n) is 4.26. The maximum atomic E-state index is 13.2. The van der Waals surface area contributed by atoms with Crippen molar-refractivity contribution in [3.8, 4) is 17.2 Å². The molecule has 0 bridgehead atoms. The molecule has 3 rings (SSSR count). The van der Waals surface area contributed by atoms with Gasteiger partial charge >= 0.3 is 12.0 Å². The third-order valence-electron chi connectivity index (χ3n) is 6.11. The molecule has 1 saturated carbocycles. The van der Waals surface area contributed by atoms with Crippen LogP contribution in [0.5, 0.6) is 17.2 Å². The lowest BCUT2D eigenvalue weighted by atomic mass is 9.96. The van der Waals surface area contributed by atoms with Gasteiger partial charge in [0.1, 0.15) is 18.0 Å². The lowest BCUT2D eigenvalue weighted by molar-refractivity contribution is -0.141. The second-order valence-corrected chi connectivity index (χ2v) is 10.8. The predicted octanol–water partition coefficient (Wildman–Crippen LogP) is 7.55. The number of esters is 1. The Labute approximate surface area is 230 Å². The number of urea groups is 1. The summed E-state index contributed by atoms with van der Waals surface area (Å²) in [5.41, 5.74) is 1.58. The number of hydrogen-bond donors (Lipinski definition) is 1. The van der Waals surface area contributed by atoms with Crippen molar-refractivity contribution in [2.75, 3.05) is 25.2 Å². The average Bonchev–Trinajstić information content (AvgIpc) is 2.85. The average molecular weight is 626 g/mol. The molecular weight excluding hydrogens is 592 g/mol. The minimum atomic E-state index is -0.469. The predicted molar refractivity (Wildman–Crippen MR) is 148 cm³/mol. The molecule has 0 spiro atoms. The van der Waals surface area contributed by atoms with E-state index in [1.54, 1.807) is 26.2 Å². The summed E-state index contributed by atoms with van der Waals surface area (Å²) in [4.78, 5) is 27.0. The molecule has 0 heterocycles. The summed E-state index contributed by atoms with van der Waals surface area (Å²) in [5, 5.41) is 3.09. The molecule has 0 radical (unpaired) electrons. The topological polar surface area (TPSA) is 77.1 Å². The molecular formula is C27H34Br2N2O5. The number of halogens is 2. The molecule has 2 aromatic carbocycles. The van der Waals surface area contributed by atoms with Gasteiger partial charge in [0.2, 0.25) is 0 Å². The van der Waals surface area contributed by atoms with Crippen LogP contribution in [0, 0.1) is 0 Å².